The molecule has 1 aromatic carbocycles. The van der Waals surface area contributed by atoms with Crippen LogP contribution in [0.2, 0.25) is 0 Å². The molecule has 4 heteroatoms. The van der Waals surface area contributed by atoms with Gasteiger partial charge in [-0.25, -0.2) is 0 Å². The lowest BCUT2D eigenvalue weighted by molar-refractivity contribution is -0.125. The van der Waals surface area contributed by atoms with Gasteiger partial charge < -0.3 is 11.1 Å². The molecule has 1 saturated carbocycles. The second-order valence-electron chi connectivity index (χ2n) is 5.74. The van der Waals surface area contributed by atoms with Crippen LogP contribution in [-0.4, -0.2) is 18.0 Å². The summed E-state index contributed by atoms with van der Waals surface area (Å²) in [6.45, 7) is 4.17. The van der Waals surface area contributed by atoms with Gasteiger partial charge in [-0.2, -0.15) is 0 Å². The second kappa shape index (κ2) is 7.65. The summed E-state index contributed by atoms with van der Waals surface area (Å²) in [6, 6.07) is 8.52. The quantitative estimate of drug-likeness (QED) is 0.897. The number of halogens is 1. The minimum atomic E-state index is 0. The average Bonchev–Trinajstić information content (AvgIpc) is 2.78. The third-order valence-corrected chi connectivity index (χ3v) is 4.08. The standard InChI is InChI=1S/C16H24N2O.ClH/c1-11-6-3-4-7-13(11)10-12(2)18-16(19)14-8-5-9-15(14)17;/h3-4,6-7,12,14-15H,5,8-10,17H2,1-2H3,(H,18,19);1H. The summed E-state index contributed by atoms with van der Waals surface area (Å²) >= 11 is 0. The first-order chi connectivity index (χ1) is 9.08. The van der Waals surface area contributed by atoms with Crippen LogP contribution in [-0.2, 0) is 11.2 Å². The van der Waals surface area contributed by atoms with Crippen LogP contribution >= 0.6 is 12.4 Å². The Kier molecular flexibility index (Phi) is 6.50. The minimum absolute atomic E-state index is 0. The van der Waals surface area contributed by atoms with Gasteiger partial charge >= 0.3 is 0 Å². The summed E-state index contributed by atoms with van der Waals surface area (Å²) in [4.78, 5) is 12.2. The molecule has 20 heavy (non-hydrogen) atoms. The molecule has 1 aliphatic rings. The maximum Gasteiger partial charge on any atom is 0.224 e. The van der Waals surface area contributed by atoms with Crippen LogP contribution < -0.4 is 11.1 Å². The largest absolute Gasteiger partial charge is 0.353 e. The molecule has 0 saturated heterocycles. The maximum absolute atomic E-state index is 12.2. The van der Waals surface area contributed by atoms with E-state index in [2.05, 4.69) is 31.3 Å². The normalized spacial score (nSPS) is 22.9. The molecule has 0 aliphatic heterocycles. The predicted octanol–water partition coefficient (Wildman–Crippen LogP) is 2.59. The zero-order valence-corrected chi connectivity index (χ0v) is 13.1. The molecule has 3 N–H and O–H groups in total. The second-order valence-corrected chi connectivity index (χ2v) is 5.74. The van der Waals surface area contributed by atoms with E-state index >= 15 is 0 Å². The molecule has 1 aromatic rings. The number of benzene rings is 1. The summed E-state index contributed by atoms with van der Waals surface area (Å²) in [5.74, 6) is 0.144. The molecule has 0 heterocycles. The number of hydrogen-bond donors (Lipinski definition) is 2. The van der Waals surface area contributed by atoms with E-state index in [9.17, 15) is 4.79 Å². The zero-order chi connectivity index (χ0) is 13.8. The van der Waals surface area contributed by atoms with Gasteiger partial charge in [0, 0.05) is 12.1 Å². The molecule has 0 radical (unpaired) electrons. The molecule has 3 atom stereocenters. The van der Waals surface area contributed by atoms with Gasteiger partial charge in [0.25, 0.3) is 0 Å². The van der Waals surface area contributed by atoms with Gasteiger partial charge in [-0.1, -0.05) is 30.7 Å². The summed E-state index contributed by atoms with van der Waals surface area (Å²) in [7, 11) is 0. The van der Waals surface area contributed by atoms with Crippen LogP contribution in [0.5, 0.6) is 0 Å². The number of nitrogens with two attached hydrogens (primary N) is 1. The molecule has 0 spiro atoms. The Morgan fingerprint density at radius 1 is 1.40 bits per heavy atom. The van der Waals surface area contributed by atoms with E-state index in [0.717, 1.165) is 25.7 Å². The van der Waals surface area contributed by atoms with Crippen LogP contribution in [0.4, 0.5) is 0 Å². The highest BCUT2D eigenvalue weighted by molar-refractivity contribution is 5.85. The minimum Gasteiger partial charge on any atom is -0.353 e. The molecular formula is C16H25ClN2O. The Bertz CT molecular complexity index is 450. The first kappa shape index (κ1) is 17.0. The van der Waals surface area contributed by atoms with Crippen molar-refractivity contribution in [2.75, 3.05) is 0 Å². The number of carbonyl (C=O) groups is 1. The van der Waals surface area contributed by atoms with E-state index in [4.69, 9.17) is 5.73 Å². The average molecular weight is 297 g/mol. The highest BCUT2D eigenvalue weighted by Crippen LogP contribution is 2.24. The summed E-state index contributed by atoms with van der Waals surface area (Å²) in [5.41, 5.74) is 8.55. The van der Waals surface area contributed by atoms with Crippen LogP contribution in [0, 0.1) is 12.8 Å². The van der Waals surface area contributed by atoms with E-state index in [1.165, 1.54) is 11.1 Å². The smallest absolute Gasteiger partial charge is 0.224 e. The van der Waals surface area contributed by atoms with Crippen LogP contribution in [0.25, 0.3) is 0 Å². The fourth-order valence-corrected chi connectivity index (χ4v) is 2.88. The molecule has 0 bridgehead atoms. The fraction of sp³-hybridized carbons (Fsp3) is 0.562. The Morgan fingerprint density at radius 2 is 2.10 bits per heavy atom. The Labute approximate surface area is 127 Å². The van der Waals surface area contributed by atoms with Crippen molar-refractivity contribution < 1.29 is 4.79 Å². The van der Waals surface area contributed by atoms with Crippen molar-refractivity contribution in [1.29, 1.82) is 0 Å². The Hall–Kier alpha value is -1.06. The number of rotatable bonds is 4. The summed E-state index contributed by atoms with van der Waals surface area (Å²) in [6.07, 6.45) is 3.86. The van der Waals surface area contributed by atoms with Crippen molar-refractivity contribution in [3.05, 3.63) is 35.4 Å². The van der Waals surface area contributed by atoms with Gasteiger partial charge in [0.1, 0.15) is 0 Å². The monoisotopic (exact) mass is 296 g/mol. The molecule has 112 valence electrons. The SMILES string of the molecule is Cc1ccccc1CC(C)NC(=O)C1CCCC1N.Cl. The van der Waals surface area contributed by atoms with Gasteiger partial charge in [0.15, 0.2) is 0 Å². The van der Waals surface area contributed by atoms with Crippen LogP contribution in [0.1, 0.15) is 37.3 Å². The first-order valence-electron chi connectivity index (χ1n) is 7.18. The third-order valence-electron chi connectivity index (χ3n) is 4.08. The predicted molar refractivity (Wildman–Crippen MR) is 85.1 cm³/mol. The molecule has 2 rings (SSSR count). The number of hydrogen-bond acceptors (Lipinski definition) is 2. The lowest BCUT2D eigenvalue weighted by Gasteiger charge is -2.20. The first-order valence-corrected chi connectivity index (χ1v) is 7.18. The van der Waals surface area contributed by atoms with Crippen LogP contribution in [0.15, 0.2) is 24.3 Å². The number of carbonyl (C=O) groups excluding carboxylic acids is 1. The maximum atomic E-state index is 12.2. The summed E-state index contributed by atoms with van der Waals surface area (Å²) < 4.78 is 0. The van der Waals surface area contributed by atoms with Gasteiger partial charge in [0.05, 0.1) is 5.92 Å². The molecule has 1 fully saturated rings. The van der Waals surface area contributed by atoms with E-state index < -0.39 is 0 Å². The third kappa shape index (κ3) is 4.22. The van der Waals surface area contributed by atoms with Gasteiger partial charge in [0.2, 0.25) is 5.91 Å². The fourth-order valence-electron chi connectivity index (χ4n) is 2.88. The van der Waals surface area contributed by atoms with Gasteiger partial charge in [-0.3, -0.25) is 4.79 Å². The molecular weight excluding hydrogens is 272 g/mol. The van der Waals surface area contributed by atoms with Crippen molar-refractivity contribution in [3.63, 3.8) is 0 Å². The number of aryl methyl sites for hydroxylation is 1. The molecule has 0 aromatic heterocycles. The van der Waals surface area contributed by atoms with Crippen molar-refractivity contribution in [2.45, 2.75) is 51.6 Å². The highest BCUT2D eigenvalue weighted by atomic mass is 35.5. The van der Waals surface area contributed by atoms with E-state index in [-0.39, 0.29) is 36.3 Å². The lowest BCUT2D eigenvalue weighted by atomic mass is 10.00. The van der Waals surface area contributed by atoms with Gasteiger partial charge in [-0.15, -0.1) is 12.4 Å². The molecule has 1 aliphatic carbocycles. The Morgan fingerprint density at radius 3 is 2.70 bits per heavy atom. The zero-order valence-electron chi connectivity index (χ0n) is 12.3. The van der Waals surface area contributed by atoms with E-state index in [0.29, 0.717) is 0 Å². The molecule has 1 amide bonds. The van der Waals surface area contributed by atoms with Crippen molar-refractivity contribution in [2.24, 2.45) is 11.7 Å². The van der Waals surface area contributed by atoms with Crippen molar-refractivity contribution in [3.8, 4) is 0 Å². The molecule has 3 nitrogen and oxygen atoms in total. The molecule has 3 unspecified atom stereocenters. The number of nitrogens with one attached hydrogen (secondary N) is 1. The van der Waals surface area contributed by atoms with Crippen molar-refractivity contribution in [1.82, 2.24) is 5.32 Å². The van der Waals surface area contributed by atoms with Crippen LogP contribution in [0.3, 0.4) is 0 Å². The highest BCUT2D eigenvalue weighted by Gasteiger charge is 2.30. The topological polar surface area (TPSA) is 55.1 Å². The lowest BCUT2D eigenvalue weighted by Crippen LogP contribution is -2.43. The number of amides is 1. The van der Waals surface area contributed by atoms with Crippen molar-refractivity contribution >= 4 is 18.3 Å². The van der Waals surface area contributed by atoms with E-state index in [1.54, 1.807) is 0 Å². The Balaban J connectivity index is 0.00000200. The summed E-state index contributed by atoms with van der Waals surface area (Å²) in [5, 5.41) is 3.11. The van der Waals surface area contributed by atoms with Gasteiger partial charge in [-0.05, 0) is 44.2 Å². The van der Waals surface area contributed by atoms with E-state index in [1.807, 2.05) is 12.1 Å².